The molecule has 2 heterocycles. The van der Waals surface area contributed by atoms with E-state index < -0.39 is 24.5 Å². The summed E-state index contributed by atoms with van der Waals surface area (Å²) >= 11 is 1.15. The summed E-state index contributed by atoms with van der Waals surface area (Å²) in [5.74, 6) is -0.398. The second kappa shape index (κ2) is 10.7. The lowest BCUT2D eigenvalue weighted by molar-refractivity contribution is -0.119. The van der Waals surface area contributed by atoms with Gasteiger partial charge in [0.05, 0.1) is 20.8 Å². The molecule has 33 heavy (non-hydrogen) atoms. The highest BCUT2D eigenvalue weighted by atomic mass is 32.1. The number of rotatable bonds is 9. The molecule has 0 spiro atoms. The Morgan fingerprint density at radius 1 is 1.00 bits per heavy atom. The Bertz CT molecular complexity index is 1160. The van der Waals surface area contributed by atoms with Crippen LogP contribution in [0.5, 0.6) is 11.5 Å². The first kappa shape index (κ1) is 23.9. The number of hydrogen-bond acceptors (Lipinski definition) is 9. The number of carbonyl (C=O) groups excluding carboxylic acids is 3. The van der Waals surface area contributed by atoms with E-state index in [1.165, 1.54) is 20.3 Å². The van der Waals surface area contributed by atoms with Gasteiger partial charge in [-0.2, -0.15) is 0 Å². The second-order valence-corrected chi connectivity index (χ2v) is 7.56. The lowest BCUT2D eigenvalue weighted by atomic mass is 10.0. The largest absolute Gasteiger partial charge is 0.493 e. The van der Waals surface area contributed by atoms with Gasteiger partial charge in [-0.1, -0.05) is 6.07 Å². The van der Waals surface area contributed by atoms with Crippen LogP contribution in [0.15, 0.2) is 40.1 Å². The van der Waals surface area contributed by atoms with Gasteiger partial charge in [0.1, 0.15) is 16.3 Å². The zero-order chi connectivity index (χ0) is 24.0. The number of anilines is 1. The summed E-state index contributed by atoms with van der Waals surface area (Å²) in [7, 11) is 3.04. The average Bonchev–Trinajstić information content (AvgIpc) is 3.43. The number of methoxy groups -OCH3 is 2. The molecular formula is C23H23NO8S. The Kier molecular flexibility index (Phi) is 7.73. The van der Waals surface area contributed by atoms with Gasteiger partial charge in [0.25, 0.3) is 5.91 Å². The number of benzene rings is 1. The van der Waals surface area contributed by atoms with Gasteiger partial charge in [0.2, 0.25) is 5.76 Å². The van der Waals surface area contributed by atoms with Crippen molar-refractivity contribution in [1.29, 1.82) is 0 Å². The van der Waals surface area contributed by atoms with E-state index in [0.29, 0.717) is 28.4 Å². The van der Waals surface area contributed by atoms with Crippen LogP contribution < -0.4 is 14.8 Å². The monoisotopic (exact) mass is 473 g/mol. The molecule has 3 aromatic rings. The standard InChI is InChI=1S/C23H23NO8S/c1-5-30-23(27)20-15(14-7-9-16(28-3)18(10-14)29-4)12-33-21(20)24-19(25)11-31-22(26)17-8-6-13(2)32-17/h6-10,12H,5,11H2,1-4H3,(H,24,25). The predicted octanol–water partition coefficient (Wildman–Crippen LogP) is 4.31. The fourth-order valence-corrected chi connectivity index (χ4v) is 3.95. The number of amides is 1. The molecule has 0 bridgehead atoms. The smallest absolute Gasteiger partial charge is 0.374 e. The molecule has 3 rings (SSSR count). The summed E-state index contributed by atoms with van der Waals surface area (Å²) in [5.41, 5.74) is 1.42. The molecule has 0 saturated heterocycles. The van der Waals surface area contributed by atoms with Crippen LogP contribution >= 0.6 is 11.3 Å². The van der Waals surface area contributed by atoms with E-state index in [9.17, 15) is 14.4 Å². The predicted molar refractivity (Wildman–Crippen MR) is 121 cm³/mol. The van der Waals surface area contributed by atoms with Crippen molar-refractivity contribution in [3.63, 3.8) is 0 Å². The summed E-state index contributed by atoms with van der Waals surface area (Å²) in [5, 5.41) is 4.61. The first-order chi connectivity index (χ1) is 15.9. The Labute approximate surface area is 194 Å². The molecule has 1 N–H and O–H groups in total. The molecule has 0 radical (unpaired) electrons. The summed E-state index contributed by atoms with van der Waals surface area (Å²) < 4.78 is 26.0. The Hall–Kier alpha value is -3.79. The molecule has 0 atom stereocenters. The lowest BCUT2D eigenvalue weighted by Crippen LogP contribution is -2.21. The molecule has 0 aliphatic carbocycles. The van der Waals surface area contributed by atoms with Crippen molar-refractivity contribution in [2.24, 2.45) is 0 Å². The molecule has 9 nitrogen and oxygen atoms in total. The number of aryl methyl sites for hydroxylation is 1. The lowest BCUT2D eigenvalue weighted by Gasteiger charge is -2.11. The minimum atomic E-state index is -0.763. The Balaban J connectivity index is 1.82. The van der Waals surface area contributed by atoms with Crippen LogP contribution in [0.3, 0.4) is 0 Å². The maximum absolute atomic E-state index is 12.7. The maximum atomic E-state index is 12.7. The first-order valence-corrected chi connectivity index (χ1v) is 10.8. The number of esters is 2. The quantitative estimate of drug-likeness (QED) is 0.458. The van der Waals surface area contributed by atoms with E-state index in [4.69, 9.17) is 23.4 Å². The fraction of sp³-hybridized carbons (Fsp3) is 0.261. The van der Waals surface area contributed by atoms with Crippen molar-refractivity contribution in [2.75, 3.05) is 32.8 Å². The third-order valence-corrected chi connectivity index (χ3v) is 5.39. The van der Waals surface area contributed by atoms with E-state index >= 15 is 0 Å². The van der Waals surface area contributed by atoms with Crippen molar-refractivity contribution in [3.8, 4) is 22.6 Å². The van der Waals surface area contributed by atoms with Crippen LogP contribution in [0.25, 0.3) is 11.1 Å². The highest BCUT2D eigenvalue weighted by Gasteiger charge is 2.24. The van der Waals surface area contributed by atoms with Gasteiger partial charge in [0.15, 0.2) is 18.1 Å². The zero-order valence-corrected chi connectivity index (χ0v) is 19.4. The van der Waals surface area contributed by atoms with Gasteiger partial charge < -0.3 is 28.7 Å². The topological polar surface area (TPSA) is 113 Å². The fourth-order valence-electron chi connectivity index (χ4n) is 2.98. The summed E-state index contributed by atoms with van der Waals surface area (Å²) in [4.78, 5) is 37.1. The van der Waals surface area contributed by atoms with Crippen molar-refractivity contribution in [3.05, 3.63) is 52.8 Å². The Morgan fingerprint density at radius 2 is 1.76 bits per heavy atom. The molecule has 174 valence electrons. The molecule has 0 aliphatic heterocycles. The number of hydrogen-bond donors (Lipinski definition) is 1. The minimum absolute atomic E-state index is 0.000578. The van der Waals surface area contributed by atoms with Gasteiger partial charge in [-0.05, 0) is 43.7 Å². The molecule has 0 aliphatic rings. The number of carbonyl (C=O) groups is 3. The van der Waals surface area contributed by atoms with Crippen molar-refractivity contribution >= 4 is 34.2 Å². The van der Waals surface area contributed by atoms with Crippen molar-refractivity contribution < 1.29 is 37.7 Å². The number of furan rings is 1. The molecule has 10 heteroatoms. The third kappa shape index (κ3) is 5.53. The minimum Gasteiger partial charge on any atom is -0.493 e. The first-order valence-electron chi connectivity index (χ1n) is 9.92. The van der Waals surface area contributed by atoms with Crippen molar-refractivity contribution in [2.45, 2.75) is 13.8 Å². The summed E-state index contributed by atoms with van der Waals surface area (Å²) in [6.45, 7) is 2.99. The van der Waals surface area contributed by atoms with E-state index in [-0.39, 0.29) is 22.9 Å². The summed E-state index contributed by atoms with van der Waals surface area (Å²) in [6.07, 6.45) is 0. The van der Waals surface area contributed by atoms with E-state index in [2.05, 4.69) is 5.32 Å². The molecule has 1 amide bonds. The number of thiophene rings is 1. The van der Waals surface area contributed by atoms with Crippen LogP contribution in [0.1, 0.15) is 33.6 Å². The average molecular weight is 474 g/mol. The van der Waals surface area contributed by atoms with Crippen molar-refractivity contribution in [1.82, 2.24) is 0 Å². The molecule has 1 aromatic carbocycles. The zero-order valence-electron chi connectivity index (χ0n) is 18.6. The van der Waals surface area contributed by atoms with Gasteiger partial charge in [-0.25, -0.2) is 9.59 Å². The summed E-state index contributed by atoms with van der Waals surface area (Å²) in [6, 6.07) is 8.29. The van der Waals surface area contributed by atoms with E-state index in [0.717, 1.165) is 11.3 Å². The highest BCUT2D eigenvalue weighted by Crippen LogP contribution is 2.39. The molecule has 0 fully saturated rings. The second-order valence-electron chi connectivity index (χ2n) is 6.68. The molecule has 2 aromatic heterocycles. The SMILES string of the molecule is CCOC(=O)c1c(-c2ccc(OC)c(OC)c2)csc1NC(=O)COC(=O)c1ccc(C)o1. The maximum Gasteiger partial charge on any atom is 0.374 e. The third-order valence-electron chi connectivity index (χ3n) is 4.49. The van der Waals surface area contributed by atoms with E-state index in [1.54, 1.807) is 43.5 Å². The highest BCUT2D eigenvalue weighted by molar-refractivity contribution is 7.15. The van der Waals surface area contributed by atoms with Crippen LogP contribution in [-0.2, 0) is 14.3 Å². The van der Waals surface area contributed by atoms with Gasteiger partial charge in [-0.3, -0.25) is 4.79 Å². The van der Waals surface area contributed by atoms with Crippen LogP contribution in [-0.4, -0.2) is 45.3 Å². The normalized spacial score (nSPS) is 10.4. The number of ether oxygens (including phenoxy) is 4. The number of nitrogens with one attached hydrogen (secondary N) is 1. The van der Waals surface area contributed by atoms with E-state index in [1.807, 2.05) is 0 Å². The van der Waals surface area contributed by atoms with Gasteiger partial charge >= 0.3 is 11.9 Å². The molecule has 0 saturated carbocycles. The van der Waals surface area contributed by atoms with Gasteiger partial charge in [-0.15, -0.1) is 11.3 Å². The molecular weight excluding hydrogens is 450 g/mol. The molecule has 0 unspecified atom stereocenters. The van der Waals surface area contributed by atoms with Crippen LogP contribution in [0, 0.1) is 6.92 Å². The Morgan fingerprint density at radius 3 is 2.39 bits per heavy atom. The van der Waals surface area contributed by atoms with Gasteiger partial charge in [0, 0.05) is 10.9 Å². The van der Waals surface area contributed by atoms with Crippen LogP contribution in [0.2, 0.25) is 0 Å². The van der Waals surface area contributed by atoms with Crippen LogP contribution in [0.4, 0.5) is 5.00 Å².